The first kappa shape index (κ1) is 14.4. The lowest BCUT2D eigenvalue weighted by atomic mass is 10.0. The molecule has 1 aromatic carbocycles. The molecule has 2 nitrogen and oxygen atoms in total. The van der Waals surface area contributed by atoms with E-state index in [1.165, 1.54) is 6.07 Å². The lowest BCUT2D eigenvalue weighted by Gasteiger charge is -2.17. The van der Waals surface area contributed by atoms with Gasteiger partial charge in [-0.1, -0.05) is 24.6 Å². The maximum atomic E-state index is 13.0. The van der Waals surface area contributed by atoms with E-state index in [0.717, 1.165) is 24.9 Å². The van der Waals surface area contributed by atoms with Crippen LogP contribution in [-0.4, -0.2) is 26.3 Å². The van der Waals surface area contributed by atoms with Gasteiger partial charge in [0.2, 0.25) is 0 Å². The Morgan fingerprint density at radius 3 is 2.82 bits per heavy atom. The monoisotopic (exact) mass is 259 g/mol. The van der Waals surface area contributed by atoms with Gasteiger partial charge in [-0.3, -0.25) is 0 Å². The molecule has 0 aliphatic heterocycles. The molecule has 0 radical (unpaired) electrons. The molecule has 0 saturated heterocycles. The zero-order valence-electron chi connectivity index (χ0n) is 10.3. The van der Waals surface area contributed by atoms with E-state index in [1.807, 2.05) is 0 Å². The van der Waals surface area contributed by atoms with Crippen molar-refractivity contribution in [2.24, 2.45) is 0 Å². The van der Waals surface area contributed by atoms with Gasteiger partial charge in [0.25, 0.3) is 0 Å². The van der Waals surface area contributed by atoms with Crippen LogP contribution in [0.1, 0.15) is 18.9 Å². The predicted molar refractivity (Wildman–Crippen MR) is 69.1 cm³/mol. The molecule has 1 unspecified atom stereocenters. The van der Waals surface area contributed by atoms with Gasteiger partial charge in [-0.2, -0.15) is 0 Å². The highest BCUT2D eigenvalue weighted by molar-refractivity contribution is 6.30. The molecule has 1 N–H and O–H groups in total. The molecule has 0 spiro atoms. The summed E-state index contributed by atoms with van der Waals surface area (Å²) in [4.78, 5) is 0. The van der Waals surface area contributed by atoms with Crippen molar-refractivity contribution in [1.82, 2.24) is 5.32 Å². The Hall–Kier alpha value is -0.640. The Morgan fingerprint density at radius 2 is 2.24 bits per heavy atom. The number of likely N-dealkylation sites (N-methyl/N-ethyl adjacent to an activating group) is 1. The van der Waals surface area contributed by atoms with Gasteiger partial charge in [0.05, 0.1) is 5.02 Å². The van der Waals surface area contributed by atoms with E-state index in [1.54, 1.807) is 19.2 Å². The molecular weight excluding hydrogens is 241 g/mol. The molecule has 1 atom stereocenters. The molecule has 0 aliphatic rings. The van der Waals surface area contributed by atoms with Crippen molar-refractivity contribution in [1.29, 1.82) is 0 Å². The summed E-state index contributed by atoms with van der Waals surface area (Å²) in [7, 11) is 1.69. The van der Waals surface area contributed by atoms with Crippen molar-refractivity contribution < 1.29 is 9.13 Å². The highest BCUT2D eigenvalue weighted by atomic mass is 35.5. The summed E-state index contributed by atoms with van der Waals surface area (Å²) in [5.41, 5.74) is 1.04. The summed E-state index contributed by atoms with van der Waals surface area (Å²) in [6.45, 7) is 3.69. The molecule has 0 aliphatic carbocycles. The van der Waals surface area contributed by atoms with Crippen LogP contribution in [0.25, 0.3) is 0 Å². The van der Waals surface area contributed by atoms with Gasteiger partial charge in [-0.05, 0) is 37.1 Å². The molecule has 0 amide bonds. The standard InChI is InChI=1S/C13H19ClFNO/c1-3-16-11(6-7-17-2)8-10-4-5-13(15)12(14)9-10/h4-5,9,11,16H,3,6-8H2,1-2H3. The van der Waals surface area contributed by atoms with Crippen LogP contribution in [0, 0.1) is 5.82 Å². The van der Waals surface area contributed by atoms with E-state index in [4.69, 9.17) is 16.3 Å². The number of benzene rings is 1. The zero-order chi connectivity index (χ0) is 12.7. The number of hydrogen-bond acceptors (Lipinski definition) is 2. The minimum absolute atomic E-state index is 0.185. The quantitative estimate of drug-likeness (QED) is 0.813. The van der Waals surface area contributed by atoms with Crippen molar-refractivity contribution >= 4 is 11.6 Å². The summed E-state index contributed by atoms with van der Waals surface area (Å²) >= 11 is 5.76. The number of nitrogens with one attached hydrogen (secondary N) is 1. The van der Waals surface area contributed by atoms with Crippen molar-refractivity contribution in [3.05, 3.63) is 34.6 Å². The third-order valence-electron chi connectivity index (χ3n) is 2.63. The van der Waals surface area contributed by atoms with Crippen LogP contribution >= 0.6 is 11.6 Å². The largest absolute Gasteiger partial charge is 0.385 e. The second-order valence-electron chi connectivity index (χ2n) is 3.99. The van der Waals surface area contributed by atoms with Crippen molar-refractivity contribution in [3.63, 3.8) is 0 Å². The van der Waals surface area contributed by atoms with E-state index in [-0.39, 0.29) is 10.8 Å². The van der Waals surface area contributed by atoms with Gasteiger partial charge in [-0.15, -0.1) is 0 Å². The fourth-order valence-electron chi connectivity index (χ4n) is 1.78. The van der Waals surface area contributed by atoms with Crippen LogP contribution in [0.5, 0.6) is 0 Å². The first-order chi connectivity index (χ1) is 8.17. The molecule has 0 bridgehead atoms. The molecule has 1 aromatic rings. The second-order valence-corrected chi connectivity index (χ2v) is 4.40. The number of halogens is 2. The molecule has 0 saturated carbocycles. The smallest absolute Gasteiger partial charge is 0.141 e. The first-order valence-electron chi connectivity index (χ1n) is 5.83. The van der Waals surface area contributed by atoms with Gasteiger partial charge < -0.3 is 10.1 Å². The van der Waals surface area contributed by atoms with Gasteiger partial charge in [0.15, 0.2) is 0 Å². The Balaban J connectivity index is 2.61. The van der Waals surface area contributed by atoms with E-state index in [0.29, 0.717) is 12.6 Å². The van der Waals surface area contributed by atoms with Gasteiger partial charge >= 0.3 is 0 Å². The summed E-state index contributed by atoms with van der Waals surface area (Å²) in [6, 6.07) is 5.21. The number of methoxy groups -OCH3 is 1. The second kappa shape index (κ2) is 7.64. The minimum atomic E-state index is -0.368. The molecule has 4 heteroatoms. The first-order valence-corrected chi connectivity index (χ1v) is 6.21. The fraction of sp³-hybridized carbons (Fsp3) is 0.538. The molecule has 17 heavy (non-hydrogen) atoms. The Morgan fingerprint density at radius 1 is 1.47 bits per heavy atom. The van der Waals surface area contributed by atoms with Gasteiger partial charge in [0, 0.05) is 19.8 Å². The molecule has 96 valence electrons. The van der Waals surface area contributed by atoms with E-state index in [9.17, 15) is 4.39 Å². The molecule has 0 aromatic heterocycles. The normalized spacial score (nSPS) is 12.7. The minimum Gasteiger partial charge on any atom is -0.385 e. The maximum Gasteiger partial charge on any atom is 0.141 e. The van der Waals surface area contributed by atoms with Crippen molar-refractivity contribution in [3.8, 4) is 0 Å². The highest BCUT2D eigenvalue weighted by Crippen LogP contribution is 2.17. The Bertz CT molecular complexity index is 346. The molecular formula is C13H19ClFNO. The lowest BCUT2D eigenvalue weighted by Crippen LogP contribution is -2.32. The topological polar surface area (TPSA) is 21.3 Å². The van der Waals surface area contributed by atoms with E-state index < -0.39 is 0 Å². The fourth-order valence-corrected chi connectivity index (χ4v) is 1.98. The SMILES string of the molecule is CCNC(CCOC)Cc1ccc(F)c(Cl)c1. The number of hydrogen-bond donors (Lipinski definition) is 1. The molecule has 1 rings (SSSR count). The summed E-state index contributed by atoms with van der Waals surface area (Å²) in [6.07, 6.45) is 1.76. The average Bonchev–Trinajstić information content (AvgIpc) is 2.31. The van der Waals surface area contributed by atoms with Crippen LogP contribution in [0.2, 0.25) is 5.02 Å². The van der Waals surface area contributed by atoms with E-state index in [2.05, 4.69) is 12.2 Å². The van der Waals surface area contributed by atoms with Crippen LogP contribution in [0.4, 0.5) is 4.39 Å². The highest BCUT2D eigenvalue weighted by Gasteiger charge is 2.09. The summed E-state index contributed by atoms with van der Waals surface area (Å²) in [5, 5.41) is 3.57. The van der Waals surface area contributed by atoms with Crippen molar-refractivity contribution in [2.45, 2.75) is 25.8 Å². The van der Waals surface area contributed by atoms with Crippen LogP contribution in [0.15, 0.2) is 18.2 Å². The lowest BCUT2D eigenvalue weighted by molar-refractivity contribution is 0.183. The molecule has 0 fully saturated rings. The zero-order valence-corrected chi connectivity index (χ0v) is 11.1. The Labute approximate surface area is 107 Å². The molecule has 0 heterocycles. The van der Waals surface area contributed by atoms with Gasteiger partial charge in [-0.25, -0.2) is 4.39 Å². The van der Waals surface area contributed by atoms with E-state index >= 15 is 0 Å². The Kier molecular flexibility index (Phi) is 6.48. The summed E-state index contributed by atoms with van der Waals surface area (Å²) < 4.78 is 18.1. The number of rotatable bonds is 7. The third kappa shape index (κ3) is 5.02. The van der Waals surface area contributed by atoms with Crippen LogP contribution < -0.4 is 5.32 Å². The maximum absolute atomic E-state index is 13.0. The third-order valence-corrected chi connectivity index (χ3v) is 2.92. The number of ether oxygens (including phenoxy) is 1. The van der Waals surface area contributed by atoms with Crippen LogP contribution in [-0.2, 0) is 11.2 Å². The average molecular weight is 260 g/mol. The van der Waals surface area contributed by atoms with Gasteiger partial charge in [0.1, 0.15) is 5.82 Å². The predicted octanol–water partition coefficient (Wildman–Crippen LogP) is 3.04. The van der Waals surface area contributed by atoms with Crippen molar-refractivity contribution in [2.75, 3.05) is 20.3 Å². The van der Waals surface area contributed by atoms with Crippen LogP contribution in [0.3, 0.4) is 0 Å². The summed E-state index contributed by atoms with van der Waals surface area (Å²) in [5.74, 6) is -0.368.